The van der Waals surface area contributed by atoms with Gasteiger partial charge in [-0.05, 0) is 40.9 Å². The van der Waals surface area contributed by atoms with Gasteiger partial charge in [-0.3, -0.25) is 4.90 Å². The molecular formula is C22H20ClN5O2. The molecule has 0 N–H and O–H groups in total. The normalized spacial score (nSPS) is 14.8. The van der Waals surface area contributed by atoms with E-state index in [1.165, 1.54) is 10.1 Å². The van der Waals surface area contributed by atoms with Crippen LogP contribution in [0.2, 0.25) is 5.28 Å². The Kier molecular flexibility index (Phi) is 5.31. The Morgan fingerprint density at radius 1 is 0.967 bits per heavy atom. The second kappa shape index (κ2) is 8.39. The van der Waals surface area contributed by atoms with Crippen LogP contribution in [0.3, 0.4) is 0 Å². The van der Waals surface area contributed by atoms with Gasteiger partial charge in [-0.25, -0.2) is 0 Å². The van der Waals surface area contributed by atoms with Crippen molar-refractivity contribution < 1.29 is 9.47 Å². The third-order valence-corrected chi connectivity index (χ3v) is 5.29. The number of rotatable bonds is 5. The van der Waals surface area contributed by atoms with Gasteiger partial charge in [0.05, 0.1) is 13.2 Å². The fourth-order valence-electron chi connectivity index (χ4n) is 3.54. The fraction of sp³-hybridized carbons (Fsp3) is 0.227. The maximum absolute atomic E-state index is 6.16. The summed E-state index contributed by atoms with van der Waals surface area (Å²) in [4.78, 5) is 2.40. The average Bonchev–Trinajstić information content (AvgIpc) is 3.16. The highest BCUT2D eigenvalue weighted by Gasteiger charge is 2.15. The number of hydrogen-bond acceptors (Lipinski definition) is 6. The Morgan fingerprint density at radius 3 is 2.63 bits per heavy atom. The number of halogens is 1. The predicted octanol–water partition coefficient (Wildman–Crippen LogP) is 4.07. The molecule has 0 radical (unpaired) electrons. The molecule has 4 aromatic rings. The van der Waals surface area contributed by atoms with Crippen LogP contribution in [0.5, 0.6) is 11.6 Å². The average molecular weight is 422 g/mol. The Morgan fingerprint density at radius 2 is 1.80 bits per heavy atom. The van der Waals surface area contributed by atoms with E-state index in [1.807, 2.05) is 24.3 Å². The molecule has 5 rings (SSSR count). The minimum atomic E-state index is 0.194. The smallest absolute Gasteiger partial charge is 0.246 e. The number of morpholine rings is 1. The lowest BCUT2D eigenvalue weighted by Crippen LogP contribution is -2.35. The first-order valence-electron chi connectivity index (χ1n) is 9.80. The fourth-order valence-corrected chi connectivity index (χ4v) is 3.70. The molecule has 2 aromatic heterocycles. The first-order chi connectivity index (χ1) is 14.8. The summed E-state index contributed by atoms with van der Waals surface area (Å²) in [6, 6.07) is 20.0. The van der Waals surface area contributed by atoms with Crippen LogP contribution in [0.15, 0.2) is 60.7 Å². The topological polar surface area (TPSA) is 64.8 Å². The van der Waals surface area contributed by atoms with Gasteiger partial charge in [-0.15, -0.1) is 15.3 Å². The van der Waals surface area contributed by atoms with Crippen molar-refractivity contribution in [3.05, 3.63) is 71.5 Å². The Balaban J connectivity index is 1.48. The minimum Gasteiger partial charge on any atom is -0.437 e. The van der Waals surface area contributed by atoms with Crippen molar-refractivity contribution in [2.24, 2.45) is 0 Å². The lowest BCUT2D eigenvalue weighted by atomic mass is 10.0. The van der Waals surface area contributed by atoms with E-state index in [9.17, 15) is 0 Å². The molecule has 0 unspecified atom stereocenters. The maximum atomic E-state index is 6.16. The van der Waals surface area contributed by atoms with Gasteiger partial charge < -0.3 is 9.47 Å². The summed E-state index contributed by atoms with van der Waals surface area (Å²) in [6.07, 6.45) is 0. The lowest BCUT2D eigenvalue weighted by molar-refractivity contribution is 0.0342. The molecule has 0 atom stereocenters. The van der Waals surface area contributed by atoms with Gasteiger partial charge in [0.25, 0.3) is 0 Å². The molecule has 3 heterocycles. The highest BCUT2D eigenvalue weighted by molar-refractivity contribution is 6.28. The van der Waals surface area contributed by atoms with Gasteiger partial charge in [0.15, 0.2) is 5.65 Å². The van der Waals surface area contributed by atoms with Gasteiger partial charge in [-0.2, -0.15) is 4.52 Å². The summed E-state index contributed by atoms with van der Waals surface area (Å²) in [7, 11) is 0. The number of fused-ring (bicyclic) bond motifs is 1. The number of hydrogen-bond donors (Lipinski definition) is 0. The summed E-state index contributed by atoms with van der Waals surface area (Å²) in [6.45, 7) is 4.34. The van der Waals surface area contributed by atoms with Crippen molar-refractivity contribution >= 4 is 17.2 Å². The van der Waals surface area contributed by atoms with Crippen LogP contribution < -0.4 is 4.74 Å². The van der Waals surface area contributed by atoms with Crippen LogP contribution in [0.4, 0.5) is 0 Å². The molecule has 2 aromatic carbocycles. The zero-order chi connectivity index (χ0) is 20.3. The van der Waals surface area contributed by atoms with E-state index in [0.717, 1.165) is 49.7 Å². The molecule has 0 spiro atoms. The zero-order valence-electron chi connectivity index (χ0n) is 16.2. The third kappa shape index (κ3) is 4.00. The van der Waals surface area contributed by atoms with Crippen LogP contribution in [-0.4, -0.2) is 51.0 Å². The molecule has 0 saturated carbocycles. The van der Waals surface area contributed by atoms with Crippen LogP contribution in [-0.2, 0) is 11.3 Å². The van der Waals surface area contributed by atoms with Crippen LogP contribution >= 0.6 is 11.6 Å². The molecule has 152 valence electrons. The molecule has 0 amide bonds. The first-order valence-corrected chi connectivity index (χ1v) is 10.2. The summed E-state index contributed by atoms with van der Waals surface area (Å²) in [5.74, 6) is 1.14. The standard InChI is InChI=1S/C22H20ClN5O2/c23-22-25-24-20-8-9-21(26-28(20)22)30-19-7-6-16(15-27-10-12-29-13-11-27)14-18(19)17-4-2-1-3-5-17/h1-9,14H,10-13,15H2. The van der Waals surface area contributed by atoms with E-state index >= 15 is 0 Å². The first kappa shape index (κ1) is 19.0. The van der Waals surface area contributed by atoms with Crippen molar-refractivity contribution in [1.29, 1.82) is 0 Å². The third-order valence-electron chi connectivity index (χ3n) is 5.05. The number of ether oxygens (including phenoxy) is 2. The molecule has 1 saturated heterocycles. The van der Waals surface area contributed by atoms with E-state index in [2.05, 4.69) is 44.5 Å². The summed E-state index contributed by atoms with van der Waals surface area (Å²) in [5.41, 5.74) is 3.89. The van der Waals surface area contributed by atoms with Crippen molar-refractivity contribution in [2.45, 2.75) is 6.54 Å². The monoisotopic (exact) mass is 421 g/mol. The van der Waals surface area contributed by atoms with Gasteiger partial charge in [-0.1, -0.05) is 36.4 Å². The summed E-state index contributed by atoms with van der Waals surface area (Å²) in [5, 5.41) is 12.4. The van der Waals surface area contributed by atoms with Gasteiger partial charge in [0.2, 0.25) is 11.2 Å². The molecule has 0 aliphatic carbocycles. The highest BCUT2D eigenvalue weighted by atomic mass is 35.5. The SMILES string of the molecule is Clc1nnc2ccc(Oc3ccc(CN4CCOCC4)cc3-c3ccccc3)nn12. The van der Waals surface area contributed by atoms with Gasteiger partial charge in [0.1, 0.15) is 5.75 Å². The summed E-state index contributed by atoms with van der Waals surface area (Å²) < 4.78 is 13.1. The maximum Gasteiger partial charge on any atom is 0.246 e. The molecule has 1 aliphatic heterocycles. The molecular weight excluding hydrogens is 402 g/mol. The molecule has 8 heteroatoms. The largest absolute Gasteiger partial charge is 0.437 e. The molecule has 7 nitrogen and oxygen atoms in total. The number of benzene rings is 2. The van der Waals surface area contributed by atoms with E-state index < -0.39 is 0 Å². The van der Waals surface area contributed by atoms with Crippen molar-refractivity contribution in [3.8, 4) is 22.8 Å². The highest BCUT2D eigenvalue weighted by Crippen LogP contribution is 2.34. The Labute approximate surface area is 178 Å². The Hall–Kier alpha value is -3.00. The second-order valence-corrected chi connectivity index (χ2v) is 7.44. The lowest BCUT2D eigenvalue weighted by Gasteiger charge is -2.26. The zero-order valence-corrected chi connectivity index (χ0v) is 17.0. The van der Waals surface area contributed by atoms with E-state index in [1.54, 1.807) is 12.1 Å². The van der Waals surface area contributed by atoms with E-state index in [-0.39, 0.29) is 5.28 Å². The summed E-state index contributed by atoms with van der Waals surface area (Å²) >= 11 is 6.05. The van der Waals surface area contributed by atoms with Crippen LogP contribution in [0.25, 0.3) is 16.8 Å². The minimum absolute atomic E-state index is 0.194. The molecule has 30 heavy (non-hydrogen) atoms. The van der Waals surface area contributed by atoms with Crippen molar-refractivity contribution in [1.82, 2.24) is 24.7 Å². The second-order valence-electron chi connectivity index (χ2n) is 7.10. The number of aromatic nitrogens is 4. The van der Waals surface area contributed by atoms with Crippen molar-refractivity contribution in [2.75, 3.05) is 26.3 Å². The van der Waals surface area contributed by atoms with Gasteiger partial charge >= 0.3 is 0 Å². The molecule has 1 aliphatic rings. The van der Waals surface area contributed by atoms with Crippen LogP contribution in [0, 0.1) is 0 Å². The predicted molar refractivity (Wildman–Crippen MR) is 114 cm³/mol. The van der Waals surface area contributed by atoms with E-state index in [0.29, 0.717) is 11.5 Å². The molecule has 0 bridgehead atoms. The number of nitrogens with zero attached hydrogens (tertiary/aromatic N) is 5. The Bertz CT molecular complexity index is 1160. The van der Waals surface area contributed by atoms with Crippen molar-refractivity contribution in [3.63, 3.8) is 0 Å². The van der Waals surface area contributed by atoms with Crippen LogP contribution in [0.1, 0.15) is 5.56 Å². The van der Waals surface area contributed by atoms with E-state index in [4.69, 9.17) is 21.1 Å². The molecule has 1 fully saturated rings. The van der Waals surface area contributed by atoms with Gasteiger partial charge in [0, 0.05) is 31.3 Å². The quantitative estimate of drug-likeness (QED) is 0.484.